The van der Waals surface area contributed by atoms with Gasteiger partial charge in [0.05, 0.1) is 17.3 Å². The van der Waals surface area contributed by atoms with Crippen LogP contribution < -0.4 is 4.90 Å². The molecule has 0 amide bonds. The Balaban J connectivity index is 2.39. The first-order valence-electron chi connectivity index (χ1n) is 5.35. The third-order valence-electron chi connectivity index (χ3n) is 2.50. The van der Waals surface area contributed by atoms with Gasteiger partial charge in [-0.3, -0.25) is 0 Å². The molecule has 1 aromatic heterocycles. The van der Waals surface area contributed by atoms with E-state index < -0.39 is 0 Å². The number of pyridine rings is 1. The smallest absolute Gasteiger partial charge is 0.128 e. The lowest BCUT2D eigenvalue weighted by Crippen LogP contribution is -2.10. The number of nitriles is 1. The van der Waals surface area contributed by atoms with E-state index in [1.165, 1.54) is 0 Å². The monoisotopic (exact) mass is 223 g/mol. The molecule has 2 rings (SSSR count). The van der Waals surface area contributed by atoms with Crippen LogP contribution in [0.4, 0.5) is 5.82 Å². The Morgan fingerprint density at radius 2 is 1.76 bits per heavy atom. The van der Waals surface area contributed by atoms with Gasteiger partial charge < -0.3 is 4.90 Å². The zero-order valence-electron chi connectivity index (χ0n) is 9.88. The fourth-order valence-corrected chi connectivity index (χ4v) is 1.55. The molecular weight excluding hydrogens is 210 g/mol. The second-order valence-electron chi connectivity index (χ2n) is 3.96. The number of aromatic nitrogens is 1. The molecule has 0 bridgehead atoms. The minimum Gasteiger partial charge on any atom is -0.363 e. The van der Waals surface area contributed by atoms with E-state index in [-0.39, 0.29) is 0 Å². The van der Waals surface area contributed by atoms with Gasteiger partial charge in [0.15, 0.2) is 0 Å². The Bertz CT molecular complexity index is 550. The zero-order valence-corrected chi connectivity index (χ0v) is 9.88. The summed E-state index contributed by atoms with van der Waals surface area (Å²) in [6, 6.07) is 15.5. The molecule has 0 aliphatic heterocycles. The third-order valence-corrected chi connectivity index (χ3v) is 2.50. The first-order chi connectivity index (χ1) is 8.20. The van der Waals surface area contributed by atoms with Crippen molar-refractivity contribution in [3.63, 3.8) is 0 Å². The minimum absolute atomic E-state index is 0.664. The van der Waals surface area contributed by atoms with Crippen LogP contribution in [-0.2, 0) is 0 Å². The molecule has 0 saturated heterocycles. The van der Waals surface area contributed by atoms with Crippen LogP contribution in [0.25, 0.3) is 11.3 Å². The Morgan fingerprint density at radius 3 is 2.35 bits per heavy atom. The average molecular weight is 223 g/mol. The maximum Gasteiger partial charge on any atom is 0.128 e. The molecule has 0 aliphatic carbocycles. The van der Waals surface area contributed by atoms with Crippen LogP contribution in [0.3, 0.4) is 0 Å². The Morgan fingerprint density at radius 1 is 1.06 bits per heavy atom. The molecule has 2 aromatic rings. The summed E-state index contributed by atoms with van der Waals surface area (Å²) < 4.78 is 0. The zero-order chi connectivity index (χ0) is 12.3. The van der Waals surface area contributed by atoms with Gasteiger partial charge in [-0.15, -0.1) is 0 Å². The summed E-state index contributed by atoms with van der Waals surface area (Å²) in [5.74, 6) is 0.923. The summed E-state index contributed by atoms with van der Waals surface area (Å²) in [5, 5.41) is 8.74. The summed E-state index contributed by atoms with van der Waals surface area (Å²) in [7, 11) is 3.93. The van der Waals surface area contributed by atoms with Crippen molar-refractivity contribution in [3.8, 4) is 17.3 Å². The van der Waals surface area contributed by atoms with Gasteiger partial charge in [-0.2, -0.15) is 5.26 Å². The standard InChI is InChI=1S/C14H13N3/c1-17(2)14-5-3-4-13(16-14)12-8-6-11(10-15)7-9-12/h3-9H,1-2H3. The third kappa shape index (κ3) is 2.43. The fourth-order valence-electron chi connectivity index (χ4n) is 1.55. The van der Waals surface area contributed by atoms with Gasteiger partial charge in [0.2, 0.25) is 0 Å². The quantitative estimate of drug-likeness (QED) is 0.785. The SMILES string of the molecule is CN(C)c1cccc(-c2ccc(C#N)cc2)n1. The van der Waals surface area contributed by atoms with Crippen LogP contribution in [0.5, 0.6) is 0 Å². The second-order valence-corrected chi connectivity index (χ2v) is 3.96. The lowest BCUT2D eigenvalue weighted by Gasteiger charge is -2.12. The van der Waals surface area contributed by atoms with Crippen molar-refractivity contribution in [1.82, 2.24) is 4.98 Å². The highest BCUT2D eigenvalue weighted by Gasteiger charge is 2.02. The first-order valence-corrected chi connectivity index (χ1v) is 5.35. The van der Waals surface area contributed by atoms with Crippen LogP contribution in [0, 0.1) is 11.3 Å². The largest absolute Gasteiger partial charge is 0.363 e. The number of rotatable bonds is 2. The van der Waals surface area contributed by atoms with E-state index in [1.54, 1.807) is 12.1 Å². The van der Waals surface area contributed by atoms with Gasteiger partial charge >= 0.3 is 0 Å². The molecule has 84 valence electrons. The van der Waals surface area contributed by atoms with Crippen molar-refractivity contribution in [2.24, 2.45) is 0 Å². The number of anilines is 1. The predicted octanol–water partition coefficient (Wildman–Crippen LogP) is 2.69. The lowest BCUT2D eigenvalue weighted by molar-refractivity contribution is 1.07. The van der Waals surface area contributed by atoms with E-state index in [9.17, 15) is 0 Å². The van der Waals surface area contributed by atoms with E-state index in [4.69, 9.17) is 5.26 Å². The van der Waals surface area contributed by atoms with Gasteiger partial charge in [-0.05, 0) is 24.3 Å². The highest BCUT2D eigenvalue weighted by atomic mass is 15.1. The summed E-state index contributed by atoms with van der Waals surface area (Å²) in [6.45, 7) is 0. The van der Waals surface area contributed by atoms with Crippen molar-refractivity contribution in [2.75, 3.05) is 19.0 Å². The molecule has 1 heterocycles. The van der Waals surface area contributed by atoms with Crippen molar-refractivity contribution in [2.45, 2.75) is 0 Å². The van der Waals surface area contributed by atoms with E-state index in [1.807, 2.05) is 49.3 Å². The number of hydrogen-bond acceptors (Lipinski definition) is 3. The molecule has 1 aromatic carbocycles. The second kappa shape index (κ2) is 4.67. The predicted molar refractivity (Wildman–Crippen MR) is 68.7 cm³/mol. The van der Waals surface area contributed by atoms with Crippen LogP contribution in [-0.4, -0.2) is 19.1 Å². The number of benzene rings is 1. The molecule has 0 N–H and O–H groups in total. The van der Waals surface area contributed by atoms with Crippen LogP contribution >= 0.6 is 0 Å². The molecule has 0 saturated carbocycles. The Hall–Kier alpha value is -2.34. The number of nitrogens with zero attached hydrogens (tertiary/aromatic N) is 3. The van der Waals surface area contributed by atoms with Crippen molar-refractivity contribution < 1.29 is 0 Å². The van der Waals surface area contributed by atoms with Gasteiger partial charge in [-0.1, -0.05) is 18.2 Å². The number of hydrogen-bond donors (Lipinski definition) is 0. The molecule has 0 unspecified atom stereocenters. The summed E-state index contributed by atoms with van der Waals surface area (Å²) >= 11 is 0. The van der Waals surface area contributed by atoms with Crippen molar-refractivity contribution in [1.29, 1.82) is 5.26 Å². The summed E-state index contributed by atoms with van der Waals surface area (Å²) in [4.78, 5) is 6.51. The highest BCUT2D eigenvalue weighted by molar-refractivity contribution is 5.62. The normalized spacial score (nSPS) is 9.71. The minimum atomic E-state index is 0.664. The van der Waals surface area contributed by atoms with Crippen molar-refractivity contribution in [3.05, 3.63) is 48.0 Å². The first kappa shape index (κ1) is 11.2. The lowest BCUT2D eigenvalue weighted by atomic mass is 10.1. The Kier molecular flexibility index (Phi) is 3.06. The van der Waals surface area contributed by atoms with E-state index in [2.05, 4.69) is 11.1 Å². The molecule has 17 heavy (non-hydrogen) atoms. The summed E-state index contributed by atoms with van der Waals surface area (Å²) in [5.41, 5.74) is 2.60. The molecule has 0 atom stereocenters. The van der Waals surface area contributed by atoms with E-state index in [0.29, 0.717) is 5.56 Å². The van der Waals surface area contributed by atoms with Crippen LogP contribution in [0.15, 0.2) is 42.5 Å². The molecule has 0 spiro atoms. The molecular formula is C14H13N3. The van der Waals surface area contributed by atoms with E-state index >= 15 is 0 Å². The maximum atomic E-state index is 8.74. The molecule has 0 fully saturated rings. The fraction of sp³-hybridized carbons (Fsp3) is 0.143. The molecule has 3 heteroatoms. The molecule has 0 radical (unpaired) electrons. The van der Waals surface area contributed by atoms with Gasteiger partial charge in [0, 0.05) is 19.7 Å². The topological polar surface area (TPSA) is 39.9 Å². The average Bonchev–Trinajstić information content (AvgIpc) is 2.39. The summed E-state index contributed by atoms with van der Waals surface area (Å²) in [6.07, 6.45) is 0. The highest BCUT2D eigenvalue weighted by Crippen LogP contribution is 2.20. The van der Waals surface area contributed by atoms with Crippen LogP contribution in [0.2, 0.25) is 0 Å². The van der Waals surface area contributed by atoms with Gasteiger partial charge in [0.1, 0.15) is 5.82 Å². The van der Waals surface area contributed by atoms with Gasteiger partial charge in [-0.25, -0.2) is 4.98 Å². The van der Waals surface area contributed by atoms with Crippen LogP contribution in [0.1, 0.15) is 5.56 Å². The molecule has 0 aliphatic rings. The maximum absolute atomic E-state index is 8.74. The molecule has 3 nitrogen and oxygen atoms in total. The van der Waals surface area contributed by atoms with Gasteiger partial charge in [0.25, 0.3) is 0 Å². The van der Waals surface area contributed by atoms with Crippen molar-refractivity contribution >= 4 is 5.82 Å². The Labute approximate surface area is 101 Å². The van der Waals surface area contributed by atoms with E-state index in [0.717, 1.165) is 17.1 Å².